The van der Waals surface area contributed by atoms with Gasteiger partial charge in [0.05, 0.1) is 5.75 Å². The summed E-state index contributed by atoms with van der Waals surface area (Å²) < 4.78 is 25.1. The molecule has 1 atom stereocenters. The Balaban J connectivity index is 1.82. The molecule has 0 spiro atoms. The number of hydrogen-bond acceptors (Lipinski definition) is 3. The number of guanidine groups is 1. The predicted molar refractivity (Wildman–Crippen MR) is 85.9 cm³/mol. The summed E-state index contributed by atoms with van der Waals surface area (Å²) >= 11 is 0. The van der Waals surface area contributed by atoms with Crippen LogP contribution in [0.5, 0.6) is 0 Å². The van der Waals surface area contributed by atoms with Crippen molar-refractivity contribution in [2.24, 2.45) is 10.4 Å². The Morgan fingerprint density at radius 3 is 2.67 bits per heavy atom. The summed E-state index contributed by atoms with van der Waals surface area (Å²) in [6.07, 6.45) is 3.11. The van der Waals surface area contributed by atoms with E-state index in [-0.39, 0.29) is 0 Å². The monoisotopic (exact) mass is 316 g/mol. The fourth-order valence-corrected chi connectivity index (χ4v) is 4.59. The lowest BCUT2D eigenvalue weighted by molar-refractivity contribution is 0.321. The van der Waals surface area contributed by atoms with Crippen molar-refractivity contribution >= 4 is 16.0 Å². The van der Waals surface area contributed by atoms with Crippen molar-refractivity contribution in [3.8, 4) is 0 Å². The zero-order valence-corrected chi connectivity index (χ0v) is 14.2. The maximum absolute atomic E-state index is 11.7. The average molecular weight is 316 g/mol. The summed E-state index contributed by atoms with van der Waals surface area (Å²) in [5.74, 6) is 1.19. The van der Waals surface area contributed by atoms with Crippen molar-refractivity contribution in [1.82, 2.24) is 14.5 Å². The van der Waals surface area contributed by atoms with Crippen LogP contribution in [-0.4, -0.2) is 69.1 Å². The number of nitrogens with zero attached hydrogens (tertiary/aromatic N) is 3. The summed E-state index contributed by atoms with van der Waals surface area (Å²) in [6, 6.07) is 0. The number of sulfonamides is 1. The normalized spacial score (nSPS) is 30.0. The molecule has 0 amide bonds. The maximum atomic E-state index is 11.7. The second kappa shape index (κ2) is 6.52. The Morgan fingerprint density at radius 2 is 2.14 bits per heavy atom. The second-order valence-corrected chi connectivity index (χ2v) is 8.47. The molecule has 0 radical (unpaired) electrons. The van der Waals surface area contributed by atoms with Crippen LogP contribution in [0.1, 0.15) is 33.1 Å². The first-order valence-electron chi connectivity index (χ1n) is 7.84. The van der Waals surface area contributed by atoms with Crippen LogP contribution in [-0.2, 0) is 10.0 Å². The van der Waals surface area contributed by atoms with Gasteiger partial charge in [0.25, 0.3) is 0 Å². The van der Waals surface area contributed by atoms with Crippen molar-refractivity contribution in [2.45, 2.75) is 33.1 Å². The van der Waals surface area contributed by atoms with Crippen molar-refractivity contribution in [3.05, 3.63) is 0 Å². The minimum Gasteiger partial charge on any atom is -0.355 e. The van der Waals surface area contributed by atoms with E-state index >= 15 is 0 Å². The van der Waals surface area contributed by atoms with Gasteiger partial charge in [-0.25, -0.2) is 12.7 Å². The molecule has 0 aromatic carbocycles. The van der Waals surface area contributed by atoms with Crippen LogP contribution < -0.4 is 5.32 Å². The highest BCUT2D eigenvalue weighted by Gasteiger charge is 2.33. The van der Waals surface area contributed by atoms with E-state index in [4.69, 9.17) is 0 Å². The van der Waals surface area contributed by atoms with E-state index < -0.39 is 10.0 Å². The molecule has 0 aromatic rings. The topological polar surface area (TPSA) is 65.0 Å². The van der Waals surface area contributed by atoms with Crippen molar-refractivity contribution in [2.75, 3.05) is 45.5 Å². The van der Waals surface area contributed by atoms with Crippen molar-refractivity contribution < 1.29 is 8.42 Å². The standard InChI is InChI=1S/C14H28N4O2S/c1-4-14(2)6-9-17(12-14)13(15-3)16-7-10-18-8-5-11-21(18,19)20/h4-12H2,1-3H3,(H,15,16). The first kappa shape index (κ1) is 16.5. The minimum atomic E-state index is -2.99. The van der Waals surface area contributed by atoms with Gasteiger partial charge in [0.15, 0.2) is 5.96 Å². The Morgan fingerprint density at radius 1 is 1.38 bits per heavy atom. The molecule has 1 N–H and O–H groups in total. The van der Waals surface area contributed by atoms with Gasteiger partial charge >= 0.3 is 0 Å². The fourth-order valence-electron chi connectivity index (χ4n) is 3.06. The van der Waals surface area contributed by atoms with Crippen LogP contribution in [0.25, 0.3) is 0 Å². The lowest BCUT2D eigenvalue weighted by Crippen LogP contribution is -2.44. The number of likely N-dealkylation sites (tertiary alicyclic amines) is 1. The van der Waals surface area contributed by atoms with Crippen molar-refractivity contribution in [1.29, 1.82) is 0 Å². The molecule has 2 aliphatic rings. The van der Waals surface area contributed by atoms with Gasteiger partial charge in [-0.2, -0.15) is 0 Å². The van der Waals surface area contributed by atoms with Crippen molar-refractivity contribution in [3.63, 3.8) is 0 Å². The predicted octanol–water partition coefficient (Wildman–Crippen LogP) is 0.719. The molecule has 6 nitrogen and oxygen atoms in total. The first-order valence-corrected chi connectivity index (χ1v) is 9.44. The molecule has 0 saturated carbocycles. The Bertz CT molecular complexity index is 491. The van der Waals surface area contributed by atoms with Crippen LogP contribution >= 0.6 is 0 Å². The molecular formula is C14H28N4O2S. The Kier molecular flexibility index (Phi) is 5.14. The smallest absolute Gasteiger partial charge is 0.214 e. The van der Waals surface area contributed by atoms with E-state index in [1.807, 2.05) is 0 Å². The average Bonchev–Trinajstić information content (AvgIpc) is 2.99. The minimum absolute atomic E-state index is 0.294. The largest absolute Gasteiger partial charge is 0.355 e. The van der Waals surface area contributed by atoms with E-state index in [0.717, 1.165) is 25.5 Å². The van der Waals surface area contributed by atoms with Gasteiger partial charge in [-0.3, -0.25) is 4.99 Å². The fraction of sp³-hybridized carbons (Fsp3) is 0.929. The molecule has 7 heteroatoms. The molecule has 0 bridgehead atoms. The van der Waals surface area contributed by atoms with E-state index in [9.17, 15) is 8.42 Å². The van der Waals surface area contributed by atoms with Gasteiger partial charge in [-0.05, 0) is 24.7 Å². The molecule has 21 heavy (non-hydrogen) atoms. The van der Waals surface area contributed by atoms with Gasteiger partial charge in [0, 0.05) is 39.8 Å². The summed E-state index contributed by atoms with van der Waals surface area (Å²) in [4.78, 5) is 6.61. The summed E-state index contributed by atoms with van der Waals surface area (Å²) in [5.41, 5.74) is 0.371. The van der Waals surface area contributed by atoms with Gasteiger partial charge in [-0.1, -0.05) is 13.8 Å². The summed E-state index contributed by atoms with van der Waals surface area (Å²) in [5, 5.41) is 3.31. The van der Waals surface area contributed by atoms with Crippen LogP contribution in [0.15, 0.2) is 4.99 Å². The molecule has 0 aliphatic carbocycles. The molecule has 122 valence electrons. The third-order valence-corrected chi connectivity index (χ3v) is 6.73. The van der Waals surface area contributed by atoms with Crippen LogP contribution in [0, 0.1) is 5.41 Å². The van der Waals surface area contributed by atoms with E-state index in [0.29, 0.717) is 30.8 Å². The highest BCUT2D eigenvalue weighted by Crippen LogP contribution is 2.32. The number of hydrogen-bond donors (Lipinski definition) is 1. The molecule has 2 saturated heterocycles. The van der Waals surface area contributed by atoms with Gasteiger partial charge < -0.3 is 10.2 Å². The highest BCUT2D eigenvalue weighted by molar-refractivity contribution is 7.89. The quantitative estimate of drug-likeness (QED) is 0.613. The summed E-state index contributed by atoms with van der Waals surface area (Å²) in [6.45, 7) is 8.39. The number of nitrogens with one attached hydrogen (secondary N) is 1. The Labute approximate surface area is 128 Å². The molecule has 0 aromatic heterocycles. The summed E-state index contributed by atoms with van der Waals surface area (Å²) in [7, 11) is -1.21. The Hall–Kier alpha value is -0.820. The molecule has 2 fully saturated rings. The van der Waals surface area contributed by atoms with Gasteiger partial charge in [-0.15, -0.1) is 0 Å². The molecule has 2 heterocycles. The van der Waals surface area contributed by atoms with E-state index in [2.05, 4.69) is 29.1 Å². The van der Waals surface area contributed by atoms with Crippen LogP contribution in [0.3, 0.4) is 0 Å². The third-order valence-electron chi connectivity index (χ3n) is 4.77. The number of rotatable bonds is 4. The lowest BCUT2D eigenvalue weighted by atomic mass is 9.87. The zero-order chi connectivity index (χ0) is 15.5. The molecule has 2 aliphatic heterocycles. The first-order chi connectivity index (χ1) is 9.90. The lowest BCUT2D eigenvalue weighted by Gasteiger charge is -2.26. The number of aliphatic imine (C=N–C) groups is 1. The van der Waals surface area contributed by atoms with E-state index in [1.165, 1.54) is 12.8 Å². The second-order valence-electron chi connectivity index (χ2n) is 6.38. The van der Waals surface area contributed by atoms with Crippen LogP contribution in [0.2, 0.25) is 0 Å². The molecular weight excluding hydrogens is 288 g/mol. The molecule has 2 rings (SSSR count). The molecule has 1 unspecified atom stereocenters. The van der Waals surface area contributed by atoms with Gasteiger partial charge in [0.2, 0.25) is 10.0 Å². The van der Waals surface area contributed by atoms with Crippen LogP contribution in [0.4, 0.5) is 0 Å². The third kappa shape index (κ3) is 3.88. The van der Waals surface area contributed by atoms with Gasteiger partial charge in [0.1, 0.15) is 0 Å². The highest BCUT2D eigenvalue weighted by atomic mass is 32.2. The SMILES string of the molecule is CCC1(C)CCN(C(=NC)NCCN2CCCS2(=O)=O)C1. The maximum Gasteiger partial charge on any atom is 0.214 e. The zero-order valence-electron chi connectivity index (χ0n) is 13.4. The van der Waals surface area contributed by atoms with E-state index in [1.54, 1.807) is 11.4 Å².